The molecule has 2 unspecified atom stereocenters. The minimum atomic E-state index is -0.420. The summed E-state index contributed by atoms with van der Waals surface area (Å²) >= 11 is 0. The summed E-state index contributed by atoms with van der Waals surface area (Å²) < 4.78 is 5.33. The second-order valence-corrected chi connectivity index (χ2v) is 8.07. The van der Waals surface area contributed by atoms with E-state index < -0.39 is 5.60 Å². The fourth-order valence-electron chi connectivity index (χ4n) is 3.50. The number of alkyl carbamates (subject to hydrolysis) is 1. The van der Waals surface area contributed by atoms with Gasteiger partial charge in [-0.2, -0.15) is 0 Å². The molecule has 2 atom stereocenters. The second-order valence-electron chi connectivity index (χ2n) is 8.07. The Hall–Kier alpha value is -0.770. The molecule has 128 valence electrons. The second kappa shape index (κ2) is 8.19. The van der Waals surface area contributed by atoms with Gasteiger partial charge in [-0.1, -0.05) is 32.1 Å². The average molecular weight is 310 g/mol. The smallest absolute Gasteiger partial charge is 0.407 e. The number of hydrogen-bond acceptors (Lipinski definition) is 3. The van der Waals surface area contributed by atoms with Crippen molar-refractivity contribution in [1.29, 1.82) is 0 Å². The Bertz CT molecular complexity index is 347. The molecule has 0 radical (unpaired) electrons. The van der Waals surface area contributed by atoms with Gasteiger partial charge in [-0.25, -0.2) is 4.79 Å². The topological polar surface area (TPSA) is 50.4 Å². The lowest BCUT2D eigenvalue weighted by atomic mass is 9.82. The summed E-state index contributed by atoms with van der Waals surface area (Å²) in [5, 5.41) is 6.71. The third-order valence-electron chi connectivity index (χ3n) is 5.00. The van der Waals surface area contributed by atoms with Crippen LogP contribution >= 0.6 is 0 Å². The molecular formula is C18H34N2O2. The van der Waals surface area contributed by atoms with Crippen LogP contribution < -0.4 is 10.6 Å². The van der Waals surface area contributed by atoms with Crippen molar-refractivity contribution in [1.82, 2.24) is 10.6 Å². The number of hydrogen-bond donors (Lipinski definition) is 2. The predicted molar refractivity (Wildman–Crippen MR) is 89.9 cm³/mol. The fraction of sp³-hybridized carbons (Fsp3) is 0.944. The van der Waals surface area contributed by atoms with Crippen molar-refractivity contribution in [3.63, 3.8) is 0 Å². The number of carbonyl (C=O) groups excluding carboxylic acids is 1. The molecule has 1 amide bonds. The van der Waals surface area contributed by atoms with E-state index in [2.05, 4.69) is 10.6 Å². The van der Waals surface area contributed by atoms with E-state index in [1.165, 1.54) is 51.4 Å². The van der Waals surface area contributed by atoms with Crippen molar-refractivity contribution in [3.8, 4) is 0 Å². The van der Waals surface area contributed by atoms with Gasteiger partial charge in [0.15, 0.2) is 0 Å². The molecule has 2 aliphatic carbocycles. The molecule has 0 bridgehead atoms. The van der Waals surface area contributed by atoms with Gasteiger partial charge < -0.3 is 15.4 Å². The molecule has 2 fully saturated rings. The van der Waals surface area contributed by atoms with Gasteiger partial charge in [0, 0.05) is 12.6 Å². The summed E-state index contributed by atoms with van der Waals surface area (Å²) in [5.41, 5.74) is -0.420. The minimum absolute atomic E-state index is 0.286. The maximum atomic E-state index is 11.8. The first-order chi connectivity index (χ1) is 10.4. The van der Waals surface area contributed by atoms with Crippen LogP contribution in [-0.2, 0) is 4.74 Å². The summed E-state index contributed by atoms with van der Waals surface area (Å²) in [5.74, 6) is 1.51. The Balaban J connectivity index is 1.68. The highest BCUT2D eigenvalue weighted by Crippen LogP contribution is 2.29. The van der Waals surface area contributed by atoms with Crippen LogP contribution in [-0.4, -0.2) is 30.8 Å². The molecule has 4 heteroatoms. The molecule has 4 nitrogen and oxygen atoms in total. The van der Waals surface area contributed by atoms with E-state index in [1.54, 1.807) is 0 Å². The van der Waals surface area contributed by atoms with Crippen LogP contribution in [0.25, 0.3) is 0 Å². The molecule has 0 aromatic heterocycles. The maximum absolute atomic E-state index is 11.8. The highest BCUT2D eigenvalue weighted by molar-refractivity contribution is 5.67. The van der Waals surface area contributed by atoms with Gasteiger partial charge >= 0.3 is 6.09 Å². The van der Waals surface area contributed by atoms with Crippen molar-refractivity contribution in [2.45, 2.75) is 83.8 Å². The minimum Gasteiger partial charge on any atom is -0.444 e. The van der Waals surface area contributed by atoms with E-state index in [9.17, 15) is 4.79 Å². The molecule has 0 aliphatic heterocycles. The molecule has 2 saturated carbocycles. The van der Waals surface area contributed by atoms with E-state index in [-0.39, 0.29) is 6.09 Å². The number of rotatable bonds is 6. The summed E-state index contributed by atoms with van der Waals surface area (Å²) in [6, 6.07) is 0.559. The first-order valence-electron chi connectivity index (χ1n) is 9.14. The Labute approximate surface area is 135 Å². The summed E-state index contributed by atoms with van der Waals surface area (Å²) in [6.45, 7) is 7.57. The largest absolute Gasteiger partial charge is 0.444 e. The third kappa shape index (κ3) is 6.15. The van der Waals surface area contributed by atoms with E-state index in [4.69, 9.17) is 4.74 Å². The lowest BCUT2D eigenvalue weighted by Crippen LogP contribution is -2.45. The monoisotopic (exact) mass is 310 g/mol. The van der Waals surface area contributed by atoms with Crippen LogP contribution in [0.1, 0.15) is 72.1 Å². The van der Waals surface area contributed by atoms with Crippen LogP contribution in [0.5, 0.6) is 0 Å². The molecule has 0 saturated heterocycles. The number of ether oxygens (including phenoxy) is 1. The van der Waals surface area contributed by atoms with Crippen molar-refractivity contribution in [3.05, 3.63) is 0 Å². The highest BCUT2D eigenvalue weighted by atomic mass is 16.6. The lowest BCUT2D eigenvalue weighted by molar-refractivity contribution is 0.0510. The Morgan fingerprint density at radius 3 is 2.45 bits per heavy atom. The standard InChI is InChI=1S/C18H34N2O2/c1-18(2,3)22-17(21)20-13-15-9-4-5-10-16(15)19-12-11-14-7-6-8-14/h14-16,19H,4-13H2,1-3H3,(H,20,21). The molecule has 2 aliphatic rings. The molecule has 2 N–H and O–H groups in total. The van der Waals surface area contributed by atoms with Gasteiger partial charge in [-0.3, -0.25) is 0 Å². The quantitative estimate of drug-likeness (QED) is 0.783. The zero-order valence-electron chi connectivity index (χ0n) is 14.6. The fourth-order valence-corrected chi connectivity index (χ4v) is 3.50. The zero-order valence-corrected chi connectivity index (χ0v) is 14.6. The van der Waals surface area contributed by atoms with Crippen molar-refractivity contribution >= 4 is 6.09 Å². The number of carbonyl (C=O) groups is 1. The van der Waals surface area contributed by atoms with Crippen LogP contribution in [0, 0.1) is 11.8 Å². The molecular weight excluding hydrogens is 276 g/mol. The first kappa shape index (κ1) is 17.6. The Morgan fingerprint density at radius 1 is 1.09 bits per heavy atom. The zero-order chi connectivity index (χ0) is 16.0. The summed E-state index contributed by atoms with van der Waals surface area (Å²) in [6.07, 6.45) is 10.4. The van der Waals surface area contributed by atoms with Gasteiger partial charge in [0.2, 0.25) is 0 Å². The molecule has 2 rings (SSSR count). The van der Waals surface area contributed by atoms with Crippen molar-refractivity contribution in [2.24, 2.45) is 11.8 Å². The lowest BCUT2D eigenvalue weighted by Gasteiger charge is -2.34. The Kier molecular flexibility index (Phi) is 6.54. The average Bonchev–Trinajstić information content (AvgIpc) is 2.38. The summed E-state index contributed by atoms with van der Waals surface area (Å²) in [4.78, 5) is 11.8. The number of nitrogens with one attached hydrogen (secondary N) is 2. The van der Waals surface area contributed by atoms with Gasteiger partial charge in [0.25, 0.3) is 0 Å². The van der Waals surface area contributed by atoms with Gasteiger partial charge in [-0.15, -0.1) is 0 Å². The van der Waals surface area contributed by atoms with E-state index >= 15 is 0 Å². The van der Waals surface area contributed by atoms with E-state index in [0.29, 0.717) is 12.0 Å². The van der Waals surface area contributed by atoms with Crippen molar-refractivity contribution < 1.29 is 9.53 Å². The first-order valence-corrected chi connectivity index (χ1v) is 9.14. The molecule has 22 heavy (non-hydrogen) atoms. The van der Waals surface area contributed by atoms with Gasteiger partial charge in [-0.05, 0) is 58.4 Å². The molecule has 0 aromatic carbocycles. The SMILES string of the molecule is CC(C)(C)OC(=O)NCC1CCCCC1NCCC1CCC1. The number of amides is 1. The maximum Gasteiger partial charge on any atom is 0.407 e. The van der Waals surface area contributed by atoms with Crippen LogP contribution in [0.15, 0.2) is 0 Å². The van der Waals surface area contributed by atoms with Crippen LogP contribution in [0.2, 0.25) is 0 Å². The molecule has 0 heterocycles. The van der Waals surface area contributed by atoms with Crippen LogP contribution in [0.3, 0.4) is 0 Å². The van der Waals surface area contributed by atoms with Crippen LogP contribution in [0.4, 0.5) is 4.79 Å². The van der Waals surface area contributed by atoms with Gasteiger partial charge in [0.1, 0.15) is 5.60 Å². The normalized spacial score (nSPS) is 26.3. The third-order valence-corrected chi connectivity index (χ3v) is 5.00. The van der Waals surface area contributed by atoms with E-state index in [1.807, 2.05) is 20.8 Å². The van der Waals surface area contributed by atoms with Crippen molar-refractivity contribution in [2.75, 3.05) is 13.1 Å². The highest BCUT2D eigenvalue weighted by Gasteiger charge is 2.26. The molecule has 0 spiro atoms. The summed E-state index contributed by atoms with van der Waals surface area (Å²) in [7, 11) is 0. The predicted octanol–water partition coefficient (Wildman–Crippen LogP) is 3.85. The Morgan fingerprint density at radius 2 is 1.82 bits per heavy atom. The molecule has 0 aromatic rings. The van der Waals surface area contributed by atoms with Gasteiger partial charge in [0.05, 0.1) is 0 Å². The van der Waals surface area contributed by atoms with E-state index in [0.717, 1.165) is 19.0 Å².